The fourth-order valence-electron chi connectivity index (χ4n) is 5.70. The van der Waals surface area contributed by atoms with Gasteiger partial charge in [0, 0.05) is 24.4 Å². The minimum absolute atomic E-state index is 0. The maximum Gasteiger partial charge on any atom is 1.00 e. The fraction of sp³-hybridized carbons (Fsp3) is 0.981. The number of carbonyl (C=O) groups is 1. The molecular formula is C53H105NaO28S2. The van der Waals surface area contributed by atoms with Crippen molar-refractivity contribution in [2.45, 2.75) is 6.92 Å². The zero-order chi connectivity index (χ0) is 60.0. The molecule has 0 aromatic heterocycles. The Morgan fingerprint density at radius 3 is 0.619 bits per heavy atom. The van der Waals surface area contributed by atoms with E-state index in [-0.39, 0.29) is 48.5 Å². The molecule has 84 heavy (non-hydrogen) atoms. The summed E-state index contributed by atoms with van der Waals surface area (Å²) in [5.74, 6) is -0.759. The van der Waals surface area contributed by atoms with Gasteiger partial charge in [0.05, 0.1) is 313 Å². The molecule has 0 bridgehead atoms. The Labute approximate surface area is 527 Å². The molecule has 0 aliphatic heterocycles. The van der Waals surface area contributed by atoms with Crippen LogP contribution < -0.4 is 29.6 Å². The van der Waals surface area contributed by atoms with E-state index < -0.39 is 27.8 Å². The molecule has 0 aliphatic carbocycles. The SMILES string of the molecule is COCCOCCOCCOCCOCCOCCOCCOCCOCCOCCOCCOCCOCCOCCOCCOCCOCCOCCOCCOCCOCCOCCOCCOC(=O)C(C)CSCCS(=O)(=O)[O-].[Na+]. The molecule has 0 saturated carbocycles. The molecule has 0 spiro atoms. The molecule has 0 aromatic rings. The van der Waals surface area contributed by atoms with Crippen LogP contribution in [0.1, 0.15) is 6.92 Å². The molecule has 28 nitrogen and oxygen atoms in total. The van der Waals surface area contributed by atoms with E-state index in [1.165, 1.54) is 11.8 Å². The monoisotopic (exact) mass is 1280 g/mol. The third-order valence-electron chi connectivity index (χ3n) is 9.96. The van der Waals surface area contributed by atoms with Crippen LogP contribution in [0, 0.1) is 5.92 Å². The van der Waals surface area contributed by atoms with Gasteiger partial charge >= 0.3 is 35.5 Å². The Bertz CT molecular complexity index is 1360. The van der Waals surface area contributed by atoms with Crippen molar-refractivity contribution in [1.82, 2.24) is 0 Å². The molecule has 498 valence electrons. The van der Waals surface area contributed by atoms with E-state index in [0.29, 0.717) is 296 Å². The summed E-state index contributed by atoms with van der Waals surface area (Å²) in [6.45, 7) is 23.0. The second kappa shape index (κ2) is 75.3. The van der Waals surface area contributed by atoms with Gasteiger partial charge in [-0.1, -0.05) is 6.92 Å². The number of hydrogen-bond acceptors (Lipinski definition) is 29. The molecule has 0 saturated heterocycles. The van der Waals surface area contributed by atoms with Crippen molar-refractivity contribution in [3.8, 4) is 0 Å². The van der Waals surface area contributed by atoms with Gasteiger partial charge in [0.25, 0.3) is 0 Å². The van der Waals surface area contributed by atoms with Crippen LogP contribution in [0.25, 0.3) is 0 Å². The molecule has 0 rings (SSSR count). The van der Waals surface area contributed by atoms with Crippen molar-refractivity contribution in [3.63, 3.8) is 0 Å². The van der Waals surface area contributed by atoms with Crippen LogP contribution in [0.4, 0.5) is 0 Å². The van der Waals surface area contributed by atoms with Crippen LogP contribution in [-0.2, 0) is 129 Å². The van der Waals surface area contributed by atoms with Gasteiger partial charge in [0.2, 0.25) is 0 Å². The summed E-state index contributed by atoms with van der Waals surface area (Å²) in [5, 5.41) is 0. The third kappa shape index (κ3) is 77.9. The maximum atomic E-state index is 11.9. The van der Waals surface area contributed by atoms with Crippen LogP contribution >= 0.6 is 11.8 Å². The number of carbonyl (C=O) groups excluding carboxylic acids is 1. The van der Waals surface area contributed by atoms with Crippen molar-refractivity contribution in [1.29, 1.82) is 0 Å². The zero-order valence-corrected chi connectivity index (χ0v) is 54.6. The first-order valence-corrected chi connectivity index (χ1v) is 31.5. The first-order chi connectivity index (χ1) is 40.9. The summed E-state index contributed by atoms with van der Waals surface area (Å²) in [5.41, 5.74) is 0. The number of thioether (sulfide) groups is 1. The number of methoxy groups -OCH3 is 1. The first kappa shape index (κ1) is 85.9. The van der Waals surface area contributed by atoms with E-state index in [2.05, 4.69) is 0 Å². The number of ether oxygens (including phenoxy) is 24. The second-order valence-electron chi connectivity index (χ2n) is 16.9. The standard InChI is InChI=1S/C53H106O28S2.Na/c1-52(51-82-49-50-83(55,56)57)53(54)81-48-47-80-46-45-79-44-43-78-42-41-77-40-39-76-38-37-75-36-35-74-34-33-73-32-31-72-30-29-71-28-27-70-26-25-69-24-23-68-22-21-67-20-19-66-18-17-65-16-15-64-14-13-63-12-11-62-10-9-61-8-7-60-6-5-59-4-3-58-2;/h52H,3-51H2,1-2H3,(H,55,56,57);/q;+1/p-1. The van der Waals surface area contributed by atoms with Gasteiger partial charge in [-0.25, -0.2) is 8.42 Å². The van der Waals surface area contributed by atoms with E-state index in [1.54, 1.807) is 14.0 Å². The van der Waals surface area contributed by atoms with Gasteiger partial charge in [-0.2, -0.15) is 11.8 Å². The molecular weight excluding hydrogens is 1170 g/mol. The van der Waals surface area contributed by atoms with E-state index in [4.69, 9.17) is 114 Å². The molecule has 0 fully saturated rings. The predicted octanol–water partition coefficient (Wildman–Crippen LogP) is -2.54. The topological polar surface area (TPSA) is 296 Å². The van der Waals surface area contributed by atoms with Gasteiger partial charge in [-0.05, 0) is 0 Å². The summed E-state index contributed by atoms with van der Waals surface area (Å²) in [7, 11) is -2.60. The first-order valence-electron chi connectivity index (χ1n) is 28.7. The summed E-state index contributed by atoms with van der Waals surface area (Å²) in [6.07, 6.45) is 0. The summed E-state index contributed by atoms with van der Waals surface area (Å²) in [4.78, 5) is 11.9. The van der Waals surface area contributed by atoms with Crippen molar-refractivity contribution in [2.75, 3.05) is 328 Å². The largest absolute Gasteiger partial charge is 1.00 e. The quantitative estimate of drug-likeness (QED) is 0.0262. The van der Waals surface area contributed by atoms with E-state index in [1.807, 2.05) is 0 Å². The van der Waals surface area contributed by atoms with Crippen LogP contribution in [-0.4, -0.2) is 347 Å². The normalized spacial score (nSPS) is 12.1. The van der Waals surface area contributed by atoms with Gasteiger partial charge in [0.1, 0.15) is 6.61 Å². The van der Waals surface area contributed by atoms with Gasteiger partial charge < -0.3 is 118 Å². The Kier molecular flexibility index (Phi) is 76.9. The number of rotatable bonds is 75. The van der Waals surface area contributed by atoms with Crippen molar-refractivity contribution < 1.29 is 161 Å². The van der Waals surface area contributed by atoms with Crippen molar-refractivity contribution in [3.05, 3.63) is 0 Å². The van der Waals surface area contributed by atoms with E-state index in [9.17, 15) is 17.8 Å². The van der Waals surface area contributed by atoms with Crippen molar-refractivity contribution >= 4 is 27.8 Å². The minimum Gasteiger partial charge on any atom is -0.748 e. The molecule has 0 amide bonds. The minimum atomic E-state index is -4.24. The Hall–Kier alpha value is -0.190. The van der Waals surface area contributed by atoms with Crippen molar-refractivity contribution in [2.24, 2.45) is 5.92 Å². The molecule has 0 aromatic carbocycles. The average Bonchev–Trinajstić information content (AvgIpc) is 3.48. The van der Waals surface area contributed by atoms with Crippen LogP contribution in [0.5, 0.6) is 0 Å². The van der Waals surface area contributed by atoms with Crippen LogP contribution in [0.3, 0.4) is 0 Å². The molecule has 0 heterocycles. The molecule has 31 heteroatoms. The molecule has 0 aliphatic rings. The summed E-state index contributed by atoms with van der Waals surface area (Å²) in [6, 6.07) is 0. The van der Waals surface area contributed by atoms with E-state index in [0.717, 1.165) is 0 Å². The summed E-state index contributed by atoms with van der Waals surface area (Å²) < 4.78 is 162. The predicted molar refractivity (Wildman–Crippen MR) is 302 cm³/mol. The number of esters is 1. The van der Waals surface area contributed by atoms with Gasteiger partial charge in [0.15, 0.2) is 0 Å². The van der Waals surface area contributed by atoms with Gasteiger partial charge in [-0.15, -0.1) is 0 Å². The molecule has 1 unspecified atom stereocenters. The fourth-order valence-corrected chi connectivity index (χ4v) is 7.64. The Morgan fingerprint density at radius 2 is 0.464 bits per heavy atom. The van der Waals surface area contributed by atoms with Gasteiger partial charge in [-0.3, -0.25) is 4.79 Å². The molecule has 0 radical (unpaired) electrons. The molecule has 0 N–H and O–H groups in total. The van der Waals surface area contributed by atoms with Crippen LogP contribution in [0.15, 0.2) is 0 Å². The Morgan fingerprint density at radius 1 is 0.310 bits per heavy atom. The number of hydrogen-bond donors (Lipinski definition) is 0. The van der Waals surface area contributed by atoms with E-state index >= 15 is 0 Å². The maximum absolute atomic E-state index is 11.9. The third-order valence-corrected chi connectivity index (χ3v) is 12.2. The van der Waals surface area contributed by atoms with Crippen LogP contribution in [0.2, 0.25) is 0 Å². The smallest absolute Gasteiger partial charge is 0.748 e. The summed E-state index contributed by atoms with van der Waals surface area (Å²) >= 11 is 1.22. The Balaban J connectivity index is 0. The molecule has 1 atom stereocenters. The average molecular weight is 1280 g/mol. The second-order valence-corrected chi connectivity index (χ2v) is 19.5. The zero-order valence-electron chi connectivity index (χ0n) is 51.0.